The van der Waals surface area contributed by atoms with E-state index in [9.17, 15) is 4.79 Å². The van der Waals surface area contributed by atoms with E-state index >= 15 is 0 Å². The number of likely N-dealkylation sites (N-methyl/N-ethyl adjacent to an activating group) is 1. The molecule has 0 saturated heterocycles. The highest BCUT2D eigenvalue weighted by Crippen LogP contribution is 2.13. The number of anilines is 1. The van der Waals surface area contributed by atoms with Crippen molar-refractivity contribution in [3.8, 4) is 0 Å². The minimum Gasteiger partial charge on any atom is -0.328 e. The van der Waals surface area contributed by atoms with E-state index in [1.54, 1.807) is 0 Å². The van der Waals surface area contributed by atoms with Gasteiger partial charge in [0.15, 0.2) is 0 Å². The highest BCUT2D eigenvalue weighted by molar-refractivity contribution is 5.73. The van der Waals surface area contributed by atoms with Gasteiger partial charge in [0.2, 0.25) is 6.41 Å². The number of hydrogen-bond donors (Lipinski definition) is 2. The van der Waals surface area contributed by atoms with Gasteiger partial charge >= 0.3 is 0 Å². The van der Waals surface area contributed by atoms with Crippen LogP contribution in [0.15, 0.2) is 24.3 Å². The van der Waals surface area contributed by atoms with E-state index in [2.05, 4.69) is 10.6 Å². The van der Waals surface area contributed by atoms with Crippen LogP contribution in [0.3, 0.4) is 0 Å². The van der Waals surface area contributed by atoms with Crippen molar-refractivity contribution in [1.29, 1.82) is 0 Å². The first kappa shape index (κ1) is 9.74. The maximum Gasteiger partial charge on any atom is 0.211 e. The molecule has 0 aliphatic carbocycles. The Morgan fingerprint density at radius 1 is 1.38 bits per heavy atom. The van der Waals surface area contributed by atoms with E-state index in [-0.39, 0.29) is 0 Å². The molecule has 1 amide bonds. The summed E-state index contributed by atoms with van der Waals surface area (Å²) in [5.74, 6) is 0. The number of amides is 1. The van der Waals surface area contributed by atoms with Crippen molar-refractivity contribution in [2.45, 2.75) is 6.42 Å². The number of para-hydroxylation sites is 1. The van der Waals surface area contributed by atoms with Crippen LogP contribution in [-0.2, 0) is 11.2 Å². The molecule has 0 aliphatic rings. The van der Waals surface area contributed by atoms with E-state index in [4.69, 9.17) is 0 Å². The number of carbonyl (C=O) groups excluding carboxylic acids is 1. The second kappa shape index (κ2) is 5.32. The lowest BCUT2D eigenvalue weighted by atomic mass is 10.1. The van der Waals surface area contributed by atoms with Crippen LogP contribution in [0.4, 0.5) is 5.69 Å². The van der Waals surface area contributed by atoms with Gasteiger partial charge < -0.3 is 10.6 Å². The van der Waals surface area contributed by atoms with Crippen molar-refractivity contribution in [1.82, 2.24) is 5.32 Å². The van der Waals surface area contributed by atoms with Crippen LogP contribution < -0.4 is 10.6 Å². The Bertz CT molecular complexity index is 273. The predicted molar refractivity (Wildman–Crippen MR) is 53.8 cm³/mol. The summed E-state index contributed by atoms with van der Waals surface area (Å²) in [6, 6.07) is 7.80. The largest absolute Gasteiger partial charge is 0.328 e. The van der Waals surface area contributed by atoms with E-state index in [0.29, 0.717) is 6.41 Å². The molecule has 1 aromatic rings. The molecule has 13 heavy (non-hydrogen) atoms. The van der Waals surface area contributed by atoms with Gasteiger partial charge in [0, 0.05) is 5.69 Å². The molecule has 0 bridgehead atoms. The number of rotatable bonds is 5. The fraction of sp³-hybridized carbons (Fsp3) is 0.300. The first-order valence-corrected chi connectivity index (χ1v) is 4.31. The molecule has 0 spiro atoms. The second-order valence-corrected chi connectivity index (χ2v) is 2.77. The van der Waals surface area contributed by atoms with E-state index in [1.807, 2.05) is 31.3 Å². The zero-order chi connectivity index (χ0) is 9.52. The summed E-state index contributed by atoms with van der Waals surface area (Å²) in [6.07, 6.45) is 1.63. The minimum absolute atomic E-state index is 0.707. The van der Waals surface area contributed by atoms with Gasteiger partial charge in [-0.2, -0.15) is 0 Å². The average molecular weight is 178 g/mol. The molecule has 0 aliphatic heterocycles. The molecular weight excluding hydrogens is 164 g/mol. The predicted octanol–water partition coefficient (Wildman–Crippen LogP) is 1.02. The van der Waals surface area contributed by atoms with Crippen LogP contribution in [0.25, 0.3) is 0 Å². The third-order valence-corrected chi connectivity index (χ3v) is 1.88. The number of hydrogen-bond acceptors (Lipinski definition) is 2. The van der Waals surface area contributed by atoms with Crippen molar-refractivity contribution < 1.29 is 4.79 Å². The molecule has 0 atom stereocenters. The summed E-state index contributed by atoms with van der Waals surface area (Å²) in [5, 5.41) is 5.75. The van der Waals surface area contributed by atoms with Crippen molar-refractivity contribution in [2.75, 3.05) is 18.9 Å². The average Bonchev–Trinajstić information content (AvgIpc) is 2.17. The summed E-state index contributed by atoms with van der Waals surface area (Å²) in [6.45, 7) is 0.914. The molecule has 2 N–H and O–H groups in total. The summed E-state index contributed by atoms with van der Waals surface area (Å²) in [7, 11) is 1.91. The lowest BCUT2D eigenvalue weighted by Gasteiger charge is -2.06. The molecule has 0 fully saturated rings. The monoisotopic (exact) mass is 178 g/mol. The fourth-order valence-electron chi connectivity index (χ4n) is 1.20. The Morgan fingerprint density at radius 2 is 2.15 bits per heavy atom. The van der Waals surface area contributed by atoms with Gasteiger partial charge in [-0.25, -0.2) is 0 Å². The maximum absolute atomic E-state index is 10.3. The molecule has 3 heteroatoms. The van der Waals surface area contributed by atoms with Crippen LogP contribution in [-0.4, -0.2) is 20.0 Å². The molecule has 0 radical (unpaired) electrons. The normalized spacial score (nSPS) is 9.62. The van der Waals surface area contributed by atoms with Crippen LogP contribution >= 0.6 is 0 Å². The quantitative estimate of drug-likeness (QED) is 0.661. The lowest BCUT2D eigenvalue weighted by molar-refractivity contribution is -0.105. The summed E-state index contributed by atoms with van der Waals surface area (Å²) in [4.78, 5) is 10.3. The number of benzene rings is 1. The topological polar surface area (TPSA) is 41.1 Å². The van der Waals surface area contributed by atoms with Crippen LogP contribution in [0.1, 0.15) is 5.56 Å². The highest BCUT2D eigenvalue weighted by atomic mass is 16.1. The van der Waals surface area contributed by atoms with Gasteiger partial charge in [0.25, 0.3) is 0 Å². The number of nitrogens with one attached hydrogen (secondary N) is 2. The Hall–Kier alpha value is -1.35. The van der Waals surface area contributed by atoms with Crippen LogP contribution in [0, 0.1) is 0 Å². The standard InChI is InChI=1S/C10H14N2O/c1-11-7-6-9-4-2-3-5-10(9)12-8-13/h2-5,8,11H,6-7H2,1H3,(H,12,13). The molecule has 0 heterocycles. The van der Waals surface area contributed by atoms with Gasteiger partial charge in [-0.3, -0.25) is 4.79 Å². The zero-order valence-corrected chi connectivity index (χ0v) is 7.71. The Morgan fingerprint density at radius 3 is 2.85 bits per heavy atom. The molecule has 0 unspecified atom stereocenters. The first-order chi connectivity index (χ1) is 6.38. The molecule has 3 nitrogen and oxygen atoms in total. The lowest BCUT2D eigenvalue weighted by Crippen LogP contribution is -2.11. The smallest absolute Gasteiger partial charge is 0.211 e. The molecular formula is C10H14N2O. The third kappa shape index (κ3) is 2.87. The third-order valence-electron chi connectivity index (χ3n) is 1.88. The van der Waals surface area contributed by atoms with Crippen molar-refractivity contribution >= 4 is 12.1 Å². The van der Waals surface area contributed by atoms with Gasteiger partial charge in [-0.05, 0) is 31.6 Å². The molecule has 0 saturated carbocycles. The van der Waals surface area contributed by atoms with E-state index < -0.39 is 0 Å². The Kier molecular flexibility index (Phi) is 3.99. The fourth-order valence-corrected chi connectivity index (χ4v) is 1.20. The SMILES string of the molecule is CNCCc1ccccc1NC=O. The molecule has 1 rings (SSSR count). The van der Waals surface area contributed by atoms with Crippen LogP contribution in [0.5, 0.6) is 0 Å². The summed E-state index contributed by atoms with van der Waals surface area (Å²) in [5.41, 5.74) is 2.05. The number of carbonyl (C=O) groups is 1. The summed E-state index contributed by atoms with van der Waals surface area (Å²) < 4.78 is 0. The van der Waals surface area contributed by atoms with Gasteiger partial charge in [-0.1, -0.05) is 18.2 Å². The molecule has 1 aromatic carbocycles. The van der Waals surface area contributed by atoms with Crippen molar-refractivity contribution in [2.24, 2.45) is 0 Å². The van der Waals surface area contributed by atoms with Gasteiger partial charge in [-0.15, -0.1) is 0 Å². The molecule has 0 aromatic heterocycles. The minimum atomic E-state index is 0.707. The Labute approximate surface area is 78.2 Å². The van der Waals surface area contributed by atoms with Crippen molar-refractivity contribution in [3.05, 3.63) is 29.8 Å². The van der Waals surface area contributed by atoms with E-state index in [0.717, 1.165) is 24.2 Å². The highest BCUT2D eigenvalue weighted by Gasteiger charge is 1.98. The van der Waals surface area contributed by atoms with Crippen molar-refractivity contribution in [3.63, 3.8) is 0 Å². The summed E-state index contributed by atoms with van der Waals surface area (Å²) >= 11 is 0. The zero-order valence-electron chi connectivity index (χ0n) is 7.71. The Balaban J connectivity index is 2.71. The molecule has 70 valence electrons. The van der Waals surface area contributed by atoms with Gasteiger partial charge in [0.05, 0.1) is 0 Å². The van der Waals surface area contributed by atoms with Crippen LogP contribution in [0.2, 0.25) is 0 Å². The van der Waals surface area contributed by atoms with E-state index in [1.165, 1.54) is 0 Å². The van der Waals surface area contributed by atoms with Gasteiger partial charge in [0.1, 0.15) is 0 Å². The second-order valence-electron chi connectivity index (χ2n) is 2.77. The first-order valence-electron chi connectivity index (χ1n) is 4.31. The maximum atomic E-state index is 10.3.